The van der Waals surface area contributed by atoms with Crippen LogP contribution in [-0.4, -0.2) is 23.7 Å². The maximum atomic E-state index is 12.9. The first-order valence-corrected chi connectivity index (χ1v) is 6.69. The summed E-state index contributed by atoms with van der Waals surface area (Å²) in [6.07, 6.45) is 4.75. The molecule has 0 amide bonds. The van der Waals surface area contributed by atoms with Crippen LogP contribution >= 0.6 is 0 Å². The normalized spacial score (nSPS) is 22.9. The summed E-state index contributed by atoms with van der Waals surface area (Å²) in [6.45, 7) is 5.11. The Labute approximate surface area is 108 Å². The second kappa shape index (κ2) is 6.25. The molecule has 2 rings (SSSR count). The molecule has 1 aromatic heterocycles. The van der Waals surface area contributed by atoms with E-state index in [1.807, 2.05) is 0 Å². The molecule has 18 heavy (non-hydrogen) atoms. The number of aromatic nitrogens is 1. The van der Waals surface area contributed by atoms with Crippen molar-refractivity contribution in [3.8, 4) is 0 Å². The van der Waals surface area contributed by atoms with Crippen molar-refractivity contribution in [1.82, 2.24) is 10.3 Å². The zero-order valence-electron chi connectivity index (χ0n) is 11.0. The topological polar surface area (TPSA) is 34.1 Å². The molecule has 2 heterocycles. The van der Waals surface area contributed by atoms with Gasteiger partial charge in [0.25, 0.3) is 0 Å². The second-order valence-corrected chi connectivity index (χ2v) is 4.87. The first kappa shape index (κ1) is 13.4. The lowest BCUT2D eigenvalue weighted by atomic mass is 10.1. The van der Waals surface area contributed by atoms with Crippen molar-refractivity contribution in [3.63, 3.8) is 0 Å². The van der Waals surface area contributed by atoms with E-state index in [-0.39, 0.29) is 11.9 Å². The lowest BCUT2D eigenvalue weighted by Gasteiger charge is -2.25. The van der Waals surface area contributed by atoms with Crippen molar-refractivity contribution >= 4 is 0 Å². The third-order valence-corrected chi connectivity index (χ3v) is 3.50. The Morgan fingerprint density at radius 2 is 2.39 bits per heavy atom. The van der Waals surface area contributed by atoms with E-state index in [4.69, 9.17) is 4.74 Å². The average molecular weight is 252 g/mol. The molecule has 0 radical (unpaired) electrons. The van der Waals surface area contributed by atoms with E-state index in [9.17, 15) is 4.39 Å². The van der Waals surface area contributed by atoms with Gasteiger partial charge in [0.1, 0.15) is 5.82 Å². The molecule has 1 fully saturated rings. The van der Waals surface area contributed by atoms with Gasteiger partial charge in [-0.3, -0.25) is 4.98 Å². The predicted octanol–water partition coefficient (Wildman–Crippen LogP) is 2.83. The van der Waals surface area contributed by atoms with Gasteiger partial charge in [-0.25, -0.2) is 4.39 Å². The molecule has 1 N–H and O–H groups in total. The number of hydrogen-bond donors (Lipinski definition) is 1. The Kier molecular flexibility index (Phi) is 4.66. The van der Waals surface area contributed by atoms with Gasteiger partial charge in [0.05, 0.1) is 18.0 Å². The van der Waals surface area contributed by atoms with Crippen molar-refractivity contribution in [1.29, 1.82) is 0 Å². The standard InChI is InChI=1S/C14H21FN2O/c1-3-12(13-7-6-11(15)9-16-13)17-10(2)14-5-4-8-18-14/h6-7,9-10,12,14,17H,3-5,8H2,1-2H3. The molecule has 0 aliphatic carbocycles. The van der Waals surface area contributed by atoms with Crippen molar-refractivity contribution in [2.24, 2.45) is 0 Å². The van der Waals surface area contributed by atoms with E-state index >= 15 is 0 Å². The summed E-state index contributed by atoms with van der Waals surface area (Å²) in [5, 5.41) is 3.53. The minimum atomic E-state index is -0.291. The molecule has 3 atom stereocenters. The van der Waals surface area contributed by atoms with Gasteiger partial charge in [0, 0.05) is 18.7 Å². The first-order chi connectivity index (χ1) is 8.70. The van der Waals surface area contributed by atoms with Crippen LogP contribution < -0.4 is 5.32 Å². The number of pyridine rings is 1. The van der Waals surface area contributed by atoms with Gasteiger partial charge < -0.3 is 10.1 Å². The summed E-state index contributed by atoms with van der Waals surface area (Å²) >= 11 is 0. The second-order valence-electron chi connectivity index (χ2n) is 4.87. The van der Waals surface area contributed by atoms with Gasteiger partial charge in [0.15, 0.2) is 0 Å². The highest BCUT2D eigenvalue weighted by atomic mass is 19.1. The summed E-state index contributed by atoms with van der Waals surface area (Å²) in [4.78, 5) is 4.15. The lowest BCUT2D eigenvalue weighted by Crippen LogP contribution is -2.39. The fourth-order valence-corrected chi connectivity index (χ4v) is 2.43. The molecule has 1 aliphatic heterocycles. The summed E-state index contributed by atoms with van der Waals surface area (Å²) in [7, 11) is 0. The zero-order chi connectivity index (χ0) is 13.0. The molecular formula is C14H21FN2O. The Balaban J connectivity index is 1.97. The minimum absolute atomic E-state index is 0.157. The molecular weight excluding hydrogens is 231 g/mol. The quantitative estimate of drug-likeness (QED) is 0.875. The van der Waals surface area contributed by atoms with Crippen LogP contribution in [0.5, 0.6) is 0 Å². The highest BCUT2D eigenvalue weighted by molar-refractivity contribution is 5.10. The summed E-state index contributed by atoms with van der Waals surface area (Å²) < 4.78 is 18.5. The monoisotopic (exact) mass is 252 g/mol. The van der Waals surface area contributed by atoms with Gasteiger partial charge in [0.2, 0.25) is 0 Å². The highest BCUT2D eigenvalue weighted by Crippen LogP contribution is 2.20. The van der Waals surface area contributed by atoms with Crippen molar-refractivity contribution < 1.29 is 9.13 Å². The number of hydrogen-bond acceptors (Lipinski definition) is 3. The molecule has 1 saturated heterocycles. The largest absolute Gasteiger partial charge is 0.377 e. The first-order valence-electron chi connectivity index (χ1n) is 6.69. The smallest absolute Gasteiger partial charge is 0.141 e. The van der Waals surface area contributed by atoms with Gasteiger partial charge in [-0.1, -0.05) is 6.92 Å². The molecule has 0 bridgehead atoms. The van der Waals surface area contributed by atoms with Gasteiger partial charge in [-0.2, -0.15) is 0 Å². The number of rotatable bonds is 5. The molecule has 3 unspecified atom stereocenters. The van der Waals surface area contributed by atoms with Crippen LogP contribution in [0.3, 0.4) is 0 Å². The van der Waals surface area contributed by atoms with E-state index in [1.165, 1.54) is 12.3 Å². The Morgan fingerprint density at radius 1 is 1.56 bits per heavy atom. The van der Waals surface area contributed by atoms with Crippen LogP contribution in [0.1, 0.15) is 44.8 Å². The van der Waals surface area contributed by atoms with Crippen LogP contribution in [0.15, 0.2) is 18.3 Å². The number of nitrogens with one attached hydrogen (secondary N) is 1. The van der Waals surface area contributed by atoms with E-state index < -0.39 is 0 Å². The molecule has 3 nitrogen and oxygen atoms in total. The summed E-state index contributed by atoms with van der Waals surface area (Å²) in [5.41, 5.74) is 0.892. The number of nitrogens with zero attached hydrogens (tertiary/aromatic N) is 1. The van der Waals surface area contributed by atoms with Crippen molar-refractivity contribution in [2.75, 3.05) is 6.61 Å². The number of ether oxygens (including phenoxy) is 1. The van der Waals surface area contributed by atoms with E-state index in [0.717, 1.165) is 31.6 Å². The maximum Gasteiger partial charge on any atom is 0.141 e. The lowest BCUT2D eigenvalue weighted by molar-refractivity contribution is 0.0792. The van der Waals surface area contributed by atoms with Crippen LogP contribution in [0, 0.1) is 5.82 Å². The predicted molar refractivity (Wildman–Crippen MR) is 68.8 cm³/mol. The van der Waals surface area contributed by atoms with E-state index in [0.29, 0.717) is 12.1 Å². The Hall–Kier alpha value is -1.00. The molecule has 0 saturated carbocycles. The van der Waals surface area contributed by atoms with Crippen molar-refractivity contribution in [3.05, 3.63) is 29.8 Å². The molecule has 0 aromatic carbocycles. The van der Waals surface area contributed by atoms with Crippen LogP contribution in [0.4, 0.5) is 4.39 Å². The SMILES string of the molecule is CCC(NC(C)C1CCCO1)c1ccc(F)cn1. The fourth-order valence-electron chi connectivity index (χ4n) is 2.43. The molecule has 4 heteroatoms. The zero-order valence-corrected chi connectivity index (χ0v) is 11.0. The van der Waals surface area contributed by atoms with E-state index in [1.54, 1.807) is 6.07 Å². The molecule has 0 spiro atoms. The van der Waals surface area contributed by atoms with Crippen LogP contribution in [0.2, 0.25) is 0 Å². The average Bonchev–Trinajstić information content (AvgIpc) is 2.91. The van der Waals surface area contributed by atoms with E-state index in [2.05, 4.69) is 24.1 Å². The Morgan fingerprint density at radius 3 is 2.94 bits per heavy atom. The van der Waals surface area contributed by atoms with Gasteiger partial charge >= 0.3 is 0 Å². The van der Waals surface area contributed by atoms with Crippen molar-refractivity contribution in [2.45, 2.75) is 51.3 Å². The summed E-state index contributed by atoms with van der Waals surface area (Å²) in [5.74, 6) is -0.291. The third-order valence-electron chi connectivity index (χ3n) is 3.50. The molecule has 1 aliphatic rings. The maximum absolute atomic E-state index is 12.9. The number of halogens is 1. The fraction of sp³-hybridized carbons (Fsp3) is 0.643. The third kappa shape index (κ3) is 3.27. The van der Waals surface area contributed by atoms with Crippen LogP contribution in [-0.2, 0) is 4.74 Å². The molecule has 100 valence electrons. The van der Waals surface area contributed by atoms with Gasteiger partial charge in [-0.15, -0.1) is 0 Å². The summed E-state index contributed by atoms with van der Waals surface area (Å²) in [6, 6.07) is 3.66. The minimum Gasteiger partial charge on any atom is -0.377 e. The van der Waals surface area contributed by atoms with Crippen LogP contribution in [0.25, 0.3) is 0 Å². The molecule has 1 aromatic rings. The Bertz CT molecular complexity index is 363. The van der Waals surface area contributed by atoms with Gasteiger partial charge in [-0.05, 0) is 38.3 Å². The highest BCUT2D eigenvalue weighted by Gasteiger charge is 2.24.